The molecule has 0 unspecified atom stereocenters. The summed E-state index contributed by atoms with van der Waals surface area (Å²) in [5, 5.41) is 9.24. The van der Waals surface area contributed by atoms with Crippen molar-refractivity contribution in [1.82, 2.24) is 0 Å². The second kappa shape index (κ2) is 3.09. The number of hydrogen-bond donors (Lipinski definition) is 1. The molecular formula is C6H10N2O5. The molecular weight excluding hydrogens is 180 g/mol. The fraction of sp³-hybridized carbons (Fsp3) is 1.00. The van der Waals surface area contributed by atoms with Crippen molar-refractivity contribution in [2.24, 2.45) is 5.73 Å². The first-order valence-electron chi connectivity index (χ1n) is 3.98. The molecule has 0 bridgehead atoms. The van der Waals surface area contributed by atoms with Crippen molar-refractivity contribution < 1.29 is 19.4 Å². The largest absolute Gasteiger partial charge is 0.371 e. The van der Waals surface area contributed by atoms with E-state index < -0.39 is 11.2 Å². The van der Waals surface area contributed by atoms with Crippen LogP contribution in [0.3, 0.4) is 0 Å². The van der Waals surface area contributed by atoms with Crippen LogP contribution >= 0.6 is 0 Å². The van der Waals surface area contributed by atoms with Gasteiger partial charge in [0.25, 0.3) is 5.09 Å². The summed E-state index contributed by atoms with van der Waals surface area (Å²) in [4.78, 5) is 14.5. The Labute approximate surface area is 73.8 Å². The van der Waals surface area contributed by atoms with Gasteiger partial charge < -0.3 is 20.0 Å². The fourth-order valence-electron chi connectivity index (χ4n) is 1.69. The number of hydrogen-bond acceptors (Lipinski definition) is 6. The zero-order valence-corrected chi connectivity index (χ0v) is 6.79. The van der Waals surface area contributed by atoms with Gasteiger partial charge in [0.2, 0.25) is 0 Å². The Morgan fingerprint density at radius 1 is 1.38 bits per heavy atom. The molecule has 2 rings (SSSR count). The van der Waals surface area contributed by atoms with E-state index in [0.717, 1.165) is 0 Å². The Bertz CT molecular complexity index is 223. The maximum absolute atomic E-state index is 10.1. The summed E-state index contributed by atoms with van der Waals surface area (Å²) in [7, 11) is 0. The van der Waals surface area contributed by atoms with Gasteiger partial charge in [0.15, 0.2) is 6.10 Å². The van der Waals surface area contributed by atoms with Crippen LogP contribution in [0.4, 0.5) is 0 Å². The quantitative estimate of drug-likeness (QED) is 0.429. The predicted molar refractivity (Wildman–Crippen MR) is 39.3 cm³/mol. The van der Waals surface area contributed by atoms with Crippen LogP contribution in [0.25, 0.3) is 0 Å². The molecule has 0 amide bonds. The third-order valence-electron chi connectivity index (χ3n) is 2.27. The molecule has 7 heteroatoms. The molecule has 2 saturated heterocycles. The van der Waals surface area contributed by atoms with Gasteiger partial charge in [-0.15, -0.1) is 10.1 Å². The van der Waals surface area contributed by atoms with Crippen molar-refractivity contribution in [2.75, 3.05) is 13.2 Å². The van der Waals surface area contributed by atoms with E-state index in [-0.39, 0.29) is 24.9 Å². The fourth-order valence-corrected chi connectivity index (χ4v) is 1.69. The topological polar surface area (TPSA) is 96.9 Å². The Balaban J connectivity index is 1.98. The molecule has 2 N–H and O–H groups in total. The van der Waals surface area contributed by atoms with E-state index in [4.69, 9.17) is 15.2 Å². The number of nitrogens with two attached hydrogens (primary N) is 1. The van der Waals surface area contributed by atoms with Crippen LogP contribution in [0.1, 0.15) is 0 Å². The number of rotatable bonds is 2. The van der Waals surface area contributed by atoms with Crippen LogP contribution in [-0.4, -0.2) is 42.7 Å². The Morgan fingerprint density at radius 3 is 2.77 bits per heavy atom. The van der Waals surface area contributed by atoms with Gasteiger partial charge in [-0.3, -0.25) is 0 Å². The first-order chi connectivity index (χ1) is 6.18. The van der Waals surface area contributed by atoms with Crippen molar-refractivity contribution in [1.29, 1.82) is 0 Å². The summed E-state index contributed by atoms with van der Waals surface area (Å²) >= 11 is 0. The standard InChI is InChI=1S/C6H10N2O5/c7-3-1-11-6-4(13-8(9)10)2-12-5(3)6/h3-6H,1-2,7H2/t3-,4+,5+,6+/m0/s1. The van der Waals surface area contributed by atoms with E-state index in [0.29, 0.717) is 6.61 Å². The molecule has 2 aliphatic heterocycles. The van der Waals surface area contributed by atoms with Gasteiger partial charge in [-0.25, -0.2) is 0 Å². The molecule has 2 aliphatic rings. The van der Waals surface area contributed by atoms with Gasteiger partial charge >= 0.3 is 0 Å². The summed E-state index contributed by atoms with van der Waals surface area (Å²) in [5.74, 6) is 0. The minimum atomic E-state index is -0.830. The molecule has 7 nitrogen and oxygen atoms in total. The minimum absolute atomic E-state index is 0.171. The molecule has 2 fully saturated rings. The van der Waals surface area contributed by atoms with Gasteiger partial charge in [-0.2, -0.15) is 0 Å². The lowest BCUT2D eigenvalue weighted by molar-refractivity contribution is -0.769. The Hall–Kier alpha value is -0.920. The number of fused-ring (bicyclic) bond motifs is 1. The molecule has 0 aromatic rings. The number of ether oxygens (including phenoxy) is 2. The SMILES string of the molecule is N[C@H]1CO[C@H]2[C@@H]1OC[C@H]2O[N+](=O)[O-]. The van der Waals surface area contributed by atoms with E-state index in [9.17, 15) is 10.1 Å². The highest BCUT2D eigenvalue weighted by molar-refractivity contribution is 4.96. The Kier molecular flexibility index (Phi) is 2.06. The van der Waals surface area contributed by atoms with Gasteiger partial charge in [-0.05, 0) is 0 Å². The average Bonchev–Trinajstić information content (AvgIpc) is 2.56. The molecule has 0 aromatic heterocycles. The first-order valence-corrected chi connectivity index (χ1v) is 3.98. The summed E-state index contributed by atoms with van der Waals surface area (Å²) in [6.45, 7) is 0.539. The molecule has 0 aliphatic carbocycles. The van der Waals surface area contributed by atoms with Gasteiger partial charge in [-0.1, -0.05) is 0 Å². The molecule has 13 heavy (non-hydrogen) atoms. The monoisotopic (exact) mass is 190 g/mol. The molecule has 2 heterocycles. The van der Waals surface area contributed by atoms with Crippen LogP contribution in [0.2, 0.25) is 0 Å². The lowest BCUT2D eigenvalue weighted by Crippen LogP contribution is -2.37. The maximum Gasteiger partial charge on any atom is 0.294 e. The maximum atomic E-state index is 10.1. The molecule has 0 spiro atoms. The Morgan fingerprint density at radius 2 is 2.08 bits per heavy atom. The summed E-state index contributed by atoms with van der Waals surface area (Å²) < 4.78 is 10.4. The van der Waals surface area contributed by atoms with Gasteiger partial charge in [0, 0.05) is 0 Å². The predicted octanol–water partition coefficient (Wildman–Crippen LogP) is -1.31. The lowest BCUT2D eigenvalue weighted by Gasteiger charge is -2.13. The average molecular weight is 190 g/mol. The molecule has 0 aromatic carbocycles. The normalized spacial score (nSPS) is 43.2. The van der Waals surface area contributed by atoms with Crippen LogP contribution in [0.15, 0.2) is 0 Å². The lowest BCUT2D eigenvalue weighted by atomic mass is 10.1. The van der Waals surface area contributed by atoms with Gasteiger partial charge in [0.05, 0.1) is 19.3 Å². The molecule has 4 atom stereocenters. The summed E-state index contributed by atoms with van der Waals surface area (Å²) in [6.07, 6.45) is -1.28. The van der Waals surface area contributed by atoms with E-state index in [1.54, 1.807) is 0 Å². The van der Waals surface area contributed by atoms with Crippen molar-refractivity contribution >= 4 is 0 Å². The highest BCUT2D eigenvalue weighted by atomic mass is 17.0. The van der Waals surface area contributed by atoms with Crippen LogP contribution in [-0.2, 0) is 14.3 Å². The van der Waals surface area contributed by atoms with Gasteiger partial charge in [0.1, 0.15) is 12.2 Å². The minimum Gasteiger partial charge on any atom is -0.371 e. The number of nitrogens with zero attached hydrogens (tertiary/aromatic N) is 1. The highest BCUT2D eigenvalue weighted by Crippen LogP contribution is 2.27. The second-order valence-electron chi connectivity index (χ2n) is 3.13. The van der Waals surface area contributed by atoms with Crippen molar-refractivity contribution in [3.05, 3.63) is 10.1 Å². The van der Waals surface area contributed by atoms with E-state index >= 15 is 0 Å². The third-order valence-corrected chi connectivity index (χ3v) is 2.27. The highest BCUT2D eigenvalue weighted by Gasteiger charge is 2.48. The molecule has 0 radical (unpaired) electrons. The molecule has 0 saturated carbocycles. The summed E-state index contributed by atoms with van der Waals surface area (Å²) in [6, 6.07) is -0.203. The van der Waals surface area contributed by atoms with E-state index in [1.807, 2.05) is 0 Å². The van der Waals surface area contributed by atoms with Crippen LogP contribution in [0.5, 0.6) is 0 Å². The smallest absolute Gasteiger partial charge is 0.294 e. The van der Waals surface area contributed by atoms with Crippen LogP contribution in [0, 0.1) is 10.1 Å². The van der Waals surface area contributed by atoms with Crippen molar-refractivity contribution in [3.8, 4) is 0 Å². The zero-order valence-electron chi connectivity index (χ0n) is 6.79. The summed E-state index contributed by atoms with van der Waals surface area (Å²) in [5.41, 5.74) is 5.64. The zero-order chi connectivity index (χ0) is 9.42. The van der Waals surface area contributed by atoms with Crippen molar-refractivity contribution in [3.63, 3.8) is 0 Å². The first kappa shape index (κ1) is 8.67. The second-order valence-corrected chi connectivity index (χ2v) is 3.13. The van der Waals surface area contributed by atoms with Crippen molar-refractivity contribution in [2.45, 2.75) is 24.4 Å². The third kappa shape index (κ3) is 1.45. The molecule has 74 valence electrons. The van der Waals surface area contributed by atoms with Crippen LogP contribution < -0.4 is 5.73 Å². The van der Waals surface area contributed by atoms with E-state index in [2.05, 4.69) is 4.84 Å². The van der Waals surface area contributed by atoms with E-state index in [1.165, 1.54) is 0 Å².